The van der Waals surface area contributed by atoms with Gasteiger partial charge in [-0.1, -0.05) is 30.3 Å². The molecule has 2 aromatic rings. The molecular weight excluding hydrogens is 302 g/mol. The Bertz CT molecular complexity index is 783. The van der Waals surface area contributed by atoms with Crippen LogP contribution in [0.5, 0.6) is 0 Å². The lowest BCUT2D eigenvalue weighted by molar-refractivity contribution is -0.127. The van der Waals surface area contributed by atoms with Crippen molar-refractivity contribution in [3.05, 3.63) is 59.9 Å². The largest absolute Gasteiger partial charge is 0.356 e. The minimum atomic E-state index is -0.498. The van der Waals surface area contributed by atoms with Crippen LogP contribution in [0.1, 0.15) is 28.4 Å². The van der Waals surface area contributed by atoms with E-state index in [0.717, 1.165) is 12.0 Å². The fraction of sp³-hybridized carbons (Fsp3) is 0.368. The molecule has 1 N–H and O–H groups in total. The summed E-state index contributed by atoms with van der Waals surface area (Å²) < 4.78 is 1.83. The zero-order valence-corrected chi connectivity index (χ0v) is 13.7. The predicted octanol–water partition coefficient (Wildman–Crippen LogP) is 1.77. The Morgan fingerprint density at radius 3 is 2.62 bits per heavy atom. The third-order valence-corrected chi connectivity index (χ3v) is 5.50. The number of amides is 2. The lowest BCUT2D eigenvalue weighted by Crippen LogP contribution is -2.38. The van der Waals surface area contributed by atoms with Crippen LogP contribution >= 0.6 is 0 Å². The van der Waals surface area contributed by atoms with Crippen molar-refractivity contribution in [2.75, 3.05) is 19.6 Å². The molecule has 0 radical (unpaired) electrons. The topological polar surface area (TPSA) is 54.3 Å². The molecule has 124 valence electrons. The molecule has 0 aliphatic carbocycles. The zero-order chi connectivity index (χ0) is 16.7. The third-order valence-electron chi connectivity index (χ3n) is 5.50. The van der Waals surface area contributed by atoms with E-state index in [1.165, 1.54) is 0 Å². The molecule has 1 aromatic heterocycles. The van der Waals surface area contributed by atoms with Gasteiger partial charge in [0.1, 0.15) is 5.69 Å². The van der Waals surface area contributed by atoms with Gasteiger partial charge in [-0.2, -0.15) is 0 Å². The monoisotopic (exact) mass is 323 g/mol. The molecule has 4 rings (SSSR count). The molecule has 0 unspecified atom stereocenters. The van der Waals surface area contributed by atoms with E-state index >= 15 is 0 Å². The van der Waals surface area contributed by atoms with Gasteiger partial charge in [-0.25, -0.2) is 0 Å². The van der Waals surface area contributed by atoms with Crippen molar-refractivity contribution in [2.24, 2.45) is 12.5 Å². The highest BCUT2D eigenvalue weighted by Crippen LogP contribution is 2.47. The minimum absolute atomic E-state index is 0.00000567. The summed E-state index contributed by atoms with van der Waals surface area (Å²) in [5, 5.41) is 2.98. The van der Waals surface area contributed by atoms with E-state index in [1.807, 2.05) is 53.0 Å². The molecule has 0 bridgehead atoms. The summed E-state index contributed by atoms with van der Waals surface area (Å²) in [6.45, 7) is 1.76. The summed E-state index contributed by atoms with van der Waals surface area (Å²) >= 11 is 0. The highest BCUT2D eigenvalue weighted by Gasteiger charge is 2.55. The Kier molecular flexibility index (Phi) is 3.44. The number of nitrogens with zero attached hydrogens (tertiary/aromatic N) is 2. The Morgan fingerprint density at radius 1 is 1.21 bits per heavy atom. The Balaban J connectivity index is 1.70. The quantitative estimate of drug-likeness (QED) is 0.916. The van der Waals surface area contributed by atoms with Crippen molar-refractivity contribution >= 4 is 11.8 Å². The van der Waals surface area contributed by atoms with Gasteiger partial charge in [0, 0.05) is 38.8 Å². The van der Waals surface area contributed by atoms with Gasteiger partial charge in [0.2, 0.25) is 5.91 Å². The molecule has 2 aliphatic rings. The highest BCUT2D eigenvalue weighted by atomic mass is 16.2. The summed E-state index contributed by atoms with van der Waals surface area (Å²) in [6, 6.07) is 13.8. The Labute approximate surface area is 141 Å². The second-order valence-corrected chi connectivity index (χ2v) is 6.82. The van der Waals surface area contributed by atoms with Crippen molar-refractivity contribution in [2.45, 2.75) is 12.3 Å². The zero-order valence-electron chi connectivity index (χ0n) is 13.7. The smallest absolute Gasteiger partial charge is 0.270 e. The normalized spacial score (nSPS) is 26.1. The van der Waals surface area contributed by atoms with Crippen LogP contribution in [-0.4, -0.2) is 40.9 Å². The van der Waals surface area contributed by atoms with Crippen LogP contribution in [0.3, 0.4) is 0 Å². The first-order valence-electron chi connectivity index (χ1n) is 8.36. The first-order valence-corrected chi connectivity index (χ1v) is 8.36. The highest BCUT2D eigenvalue weighted by molar-refractivity contribution is 5.95. The van der Waals surface area contributed by atoms with E-state index in [-0.39, 0.29) is 17.7 Å². The van der Waals surface area contributed by atoms with E-state index < -0.39 is 5.41 Å². The van der Waals surface area contributed by atoms with E-state index in [2.05, 4.69) is 17.4 Å². The van der Waals surface area contributed by atoms with Crippen molar-refractivity contribution in [3.8, 4) is 0 Å². The van der Waals surface area contributed by atoms with E-state index in [0.29, 0.717) is 25.3 Å². The third kappa shape index (κ3) is 2.15. The minimum Gasteiger partial charge on any atom is -0.356 e. The molecule has 0 saturated carbocycles. The molecule has 2 amide bonds. The fourth-order valence-electron chi connectivity index (χ4n) is 4.19. The first kappa shape index (κ1) is 15.0. The van der Waals surface area contributed by atoms with Crippen LogP contribution in [0.2, 0.25) is 0 Å². The van der Waals surface area contributed by atoms with Gasteiger partial charge in [0.05, 0.1) is 5.41 Å². The summed E-state index contributed by atoms with van der Waals surface area (Å²) in [7, 11) is 1.87. The van der Waals surface area contributed by atoms with Gasteiger partial charge in [0.15, 0.2) is 0 Å². The van der Waals surface area contributed by atoms with Crippen LogP contribution in [0.25, 0.3) is 0 Å². The molecule has 1 aromatic carbocycles. The van der Waals surface area contributed by atoms with Crippen molar-refractivity contribution < 1.29 is 9.59 Å². The number of rotatable bonds is 2. The number of likely N-dealkylation sites (tertiary alicyclic amines) is 1. The van der Waals surface area contributed by atoms with Crippen LogP contribution in [0.4, 0.5) is 0 Å². The van der Waals surface area contributed by atoms with Gasteiger partial charge < -0.3 is 14.8 Å². The van der Waals surface area contributed by atoms with E-state index in [4.69, 9.17) is 0 Å². The number of hydrogen-bond acceptors (Lipinski definition) is 2. The van der Waals surface area contributed by atoms with E-state index in [9.17, 15) is 9.59 Å². The lowest BCUT2D eigenvalue weighted by Gasteiger charge is -2.27. The number of nitrogens with one attached hydrogen (secondary N) is 1. The van der Waals surface area contributed by atoms with Crippen molar-refractivity contribution in [1.29, 1.82) is 0 Å². The SMILES string of the molecule is Cn1cccc1C(=O)N1C[C@@H](c2ccccc2)[C@@]2(CCNC2=O)C1. The number of carbonyl (C=O) groups excluding carboxylic acids is 2. The summed E-state index contributed by atoms with van der Waals surface area (Å²) in [4.78, 5) is 27.4. The van der Waals surface area contributed by atoms with Crippen LogP contribution < -0.4 is 5.32 Å². The maximum Gasteiger partial charge on any atom is 0.270 e. The molecule has 1 spiro atoms. The molecule has 2 fully saturated rings. The number of benzene rings is 1. The molecule has 2 atom stereocenters. The molecule has 24 heavy (non-hydrogen) atoms. The van der Waals surface area contributed by atoms with Gasteiger partial charge in [-0.05, 0) is 24.1 Å². The number of aryl methyl sites for hydroxylation is 1. The number of aromatic nitrogens is 1. The van der Waals surface area contributed by atoms with Crippen LogP contribution in [0.15, 0.2) is 48.7 Å². The maximum atomic E-state index is 12.9. The van der Waals surface area contributed by atoms with Crippen LogP contribution in [-0.2, 0) is 11.8 Å². The number of hydrogen-bond donors (Lipinski definition) is 1. The molecule has 2 aliphatic heterocycles. The average molecular weight is 323 g/mol. The molecule has 5 nitrogen and oxygen atoms in total. The second kappa shape index (κ2) is 5.51. The Hall–Kier alpha value is -2.56. The fourth-order valence-corrected chi connectivity index (χ4v) is 4.19. The van der Waals surface area contributed by atoms with Gasteiger partial charge in [-0.15, -0.1) is 0 Å². The van der Waals surface area contributed by atoms with Gasteiger partial charge in [-0.3, -0.25) is 9.59 Å². The van der Waals surface area contributed by atoms with Gasteiger partial charge in [0.25, 0.3) is 5.91 Å². The lowest BCUT2D eigenvalue weighted by atomic mass is 9.73. The van der Waals surface area contributed by atoms with E-state index in [1.54, 1.807) is 0 Å². The van der Waals surface area contributed by atoms with Crippen molar-refractivity contribution in [1.82, 2.24) is 14.8 Å². The standard InChI is InChI=1S/C19H21N3O2/c1-21-11-5-8-16(21)17(23)22-12-15(14-6-3-2-4-7-14)19(13-22)9-10-20-18(19)24/h2-8,11,15H,9-10,12-13H2,1H3,(H,20,24)/t15-,19+/m0/s1. The van der Waals surface area contributed by atoms with Gasteiger partial charge >= 0.3 is 0 Å². The predicted molar refractivity (Wildman–Crippen MR) is 90.6 cm³/mol. The molecular formula is C19H21N3O2. The number of carbonyl (C=O) groups is 2. The van der Waals surface area contributed by atoms with Crippen molar-refractivity contribution in [3.63, 3.8) is 0 Å². The second-order valence-electron chi connectivity index (χ2n) is 6.82. The first-order chi connectivity index (χ1) is 11.6. The maximum absolute atomic E-state index is 12.9. The molecule has 5 heteroatoms. The summed E-state index contributed by atoms with van der Waals surface area (Å²) in [5.74, 6) is 0.129. The molecule has 3 heterocycles. The summed E-state index contributed by atoms with van der Waals surface area (Å²) in [6.07, 6.45) is 2.65. The average Bonchev–Trinajstić information content (AvgIpc) is 3.29. The van der Waals surface area contributed by atoms with Crippen LogP contribution in [0, 0.1) is 5.41 Å². The summed E-state index contributed by atoms with van der Waals surface area (Å²) in [5.41, 5.74) is 1.30. The molecule has 2 saturated heterocycles. The Morgan fingerprint density at radius 2 is 2.00 bits per heavy atom.